The topological polar surface area (TPSA) is 59.4 Å². The third-order valence-corrected chi connectivity index (χ3v) is 3.12. The molecule has 1 heterocycles. The Morgan fingerprint density at radius 2 is 2.12 bits per heavy atom. The molecule has 0 unspecified atom stereocenters. The fraction of sp³-hybridized carbons (Fsp3) is 0.167. The van der Waals surface area contributed by atoms with Gasteiger partial charge in [0, 0.05) is 10.9 Å². The molecule has 0 aliphatic rings. The number of ether oxygens (including phenoxy) is 1. The van der Waals surface area contributed by atoms with Gasteiger partial charge in [0.2, 0.25) is 0 Å². The molecule has 0 bridgehead atoms. The first-order valence-corrected chi connectivity index (χ1v) is 5.86. The highest BCUT2D eigenvalue weighted by atomic mass is 32.1. The van der Waals surface area contributed by atoms with Crippen molar-refractivity contribution < 1.29 is 14.6 Å². The number of aliphatic hydroxyl groups excluding tert-OH is 1. The molecule has 0 aliphatic heterocycles. The van der Waals surface area contributed by atoms with E-state index < -0.39 is 0 Å². The van der Waals surface area contributed by atoms with E-state index in [-0.39, 0.29) is 12.6 Å². The highest BCUT2D eigenvalue weighted by molar-refractivity contribution is 7.09. The van der Waals surface area contributed by atoms with Gasteiger partial charge >= 0.3 is 5.97 Å². The van der Waals surface area contributed by atoms with Crippen molar-refractivity contribution in [3.05, 3.63) is 40.2 Å². The van der Waals surface area contributed by atoms with Gasteiger partial charge in [-0.05, 0) is 12.1 Å². The van der Waals surface area contributed by atoms with Gasteiger partial charge in [0.25, 0.3) is 0 Å². The lowest BCUT2D eigenvalue weighted by Crippen LogP contribution is -2.00. The van der Waals surface area contributed by atoms with E-state index in [9.17, 15) is 4.79 Å². The molecule has 0 saturated carbocycles. The summed E-state index contributed by atoms with van der Waals surface area (Å²) in [5, 5.41) is 11.5. The summed E-state index contributed by atoms with van der Waals surface area (Å²) in [5.74, 6) is -0.356. The van der Waals surface area contributed by atoms with Gasteiger partial charge in [-0.25, -0.2) is 9.78 Å². The first kappa shape index (κ1) is 11.8. The smallest absolute Gasteiger partial charge is 0.337 e. The van der Waals surface area contributed by atoms with Crippen LogP contribution < -0.4 is 0 Å². The quantitative estimate of drug-likeness (QED) is 0.846. The molecular weight excluding hydrogens is 238 g/mol. The van der Waals surface area contributed by atoms with Crippen LogP contribution in [0.25, 0.3) is 11.3 Å². The van der Waals surface area contributed by atoms with Crippen LogP contribution in [0.2, 0.25) is 0 Å². The molecule has 0 fully saturated rings. The van der Waals surface area contributed by atoms with Gasteiger partial charge in [0.05, 0.1) is 25.0 Å². The molecule has 0 atom stereocenters. The number of carbonyl (C=O) groups is 1. The van der Waals surface area contributed by atoms with Crippen molar-refractivity contribution >= 4 is 17.3 Å². The number of methoxy groups -OCH3 is 1. The maximum atomic E-state index is 11.2. The number of benzene rings is 1. The summed E-state index contributed by atoms with van der Waals surface area (Å²) in [7, 11) is 1.35. The summed E-state index contributed by atoms with van der Waals surface area (Å²) >= 11 is 1.41. The third-order valence-electron chi connectivity index (χ3n) is 2.29. The lowest BCUT2D eigenvalue weighted by molar-refractivity contribution is 0.0601. The molecule has 2 rings (SSSR count). The maximum Gasteiger partial charge on any atom is 0.337 e. The zero-order valence-corrected chi connectivity index (χ0v) is 10.0. The average Bonchev–Trinajstić information content (AvgIpc) is 2.87. The molecule has 17 heavy (non-hydrogen) atoms. The minimum atomic E-state index is -0.356. The molecule has 0 spiro atoms. The van der Waals surface area contributed by atoms with Crippen molar-refractivity contribution in [2.75, 3.05) is 7.11 Å². The zero-order valence-electron chi connectivity index (χ0n) is 9.21. The first-order chi connectivity index (χ1) is 8.24. The van der Waals surface area contributed by atoms with Gasteiger partial charge in [-0.15, -0.1) is 11.3 Å². The van der Waals surface area contributed by atoms with E-state index in [1.54, 1.807) is 12.1 Å². The number of aliphatic hydroxyl groups is 1. The average molecular weight is 249 g/mol. The molecule has 0 radical (unpaired) electrons. The number of esters is 1. The highest BCUT2D eigenvalue weighted by Crippen LogP contribution is 2.22. The van der Waals surface area contributed by atoms with Crippen molar-refractivity contribution in [2.24, 2.45) is 0 Å². The van der Waals surface area contributed by atoms with E-state index in [2.05, 4.69) is 9.72 Å². The summed E-state index contributed by atoms with van der Waals surface area (Å²) in [5.41, 5.74) is 2.22. The molecular formula is C12H11NO3S. The normalized spacial score (nSPS) is 10.2. The number of nitrogens with zero attached hydrogens (tertiary/aromatic N) is 1. The fourth-order valence-electron chi connectivity index (χ4n) is 1.41. The molecule has 1 aromatic carbocycles. The second-order valence-electron chi connectivity index (χ2n) is 3.35. The Balaban J connectivity index is 2.25. The van der Waals surface area contributed by atoms with Gasteiger partial charge < -0.3 is 9.84 Å². The minimum absolute atomic E-state index is 0.0507. The molecule has 0 aliphatic carbocycles. The van der Waals surface area contributed by atoms with Crippen molar-refractivity contribution in [1.82, 2.24) is 4.98 Å². The minimum Gasteiger partial charge on any atom is -0.465 e. The van der Waals surface area contributed by atoms with Crippen LogP contribution in [0.5, 0.6) is 0 Å². The Hall–Kier alpha value is -1.72. The molecule has 1 N–H and O–H groups in total. The predicted molar refractivity (Wildman–Crippen MR) is 64.8 cm³/mol. The zero-order chi connectivity index (χ0) is 12.3. The van der Waals surface area contributed by atoms with E-state index in [0.29, 0.717) is 10.6 Å². The van der Waals surface area contributed by atoms with Crippen molar-refractivity contribution in [3.63, 3.8) is 0 Å². The third kappa shape index (κ3) is 2.51. The number of rotatable bonds is 3. The number of thiazole rings is 1. The van der Waals surface area contributed by atoms with Gasteiger partial charge in [0.15, 0.2) is 0 Å². The summed E-state index contributed by atoms with van der Waals surface area (Å²) in [6.07, 6.45) is 0. The molecule has 0 saturated heterocycles. The first-order valence-electron chi connectivity index (χ1n) is 4.98. The Morgan fingerprint density at radius 1 is 1.41 bits per heavy atom. The van der Waals surface area contributed by atoms with Crippen molar-refractivity contribution in [1.29, 1.82) is 0 Å². The molecule has 4 nitrogen and oxygen atoms in total. The molecule has 2 aromatic rings. The number of carbonyl (C=O) groups excluding carboxylic acids is 1. The summed E-state index contributed by atoms with van der Waals surface area (Å²) in [6, 6.07) is 7.00. The van der Waals surface area contributed by atoms with Crippen LogP contribution in [0.3, 0.4) is 0 Å². The number of aromatic nitrogens is 1. The van der Waals surface area contributed by atoms with E-state index in [4.69, 9.17) is 5.11 Å². The van der Waals surface area contributed by atoms with Crippen LogP contribution in [-0.4, -0.2) is 23.2 Å². The largest absolute Gasteiger partial charge is 0.465 e. The van der Waals surface area contributed by atoms with Crippen molar-refractivity contribution in [2.45, 2.75) is 6.61 Å². The van der Waals surface area contributed by atoms with Gasteiger partial charge in [0.1, 0.15) is 5.01 Å². The van der Waals surface area contributed by atoms with Gasteiger partial charge in [-0.1, -0.05) is 12.1 Å². The standard InChI is InChI=1S/C12H11NO3S/c1-16-12(15)9-4-2-8(3-5-9)10-7-17-11(6-14)13-10/h2-5,7,14H,6H2,1H3. The fourth-order valence-corrected chi connectivity index (χ4v) is 2.07. The van der Waals surface area contributed by atoms with E-state index >= 15 is 0 Å². The van der Waals surface area contributed by atoms with Crippen molar-refractivity contribution in [3.8, 4) is 11.3 Å². The van der Waals surface area contributed by atoms with Crippen LogP contribution in [0.15, 0.2) is 29.6 Å². The molecule has 1 aromatic heterocycles. The summed E-state index contributed by atoms with van der Waals surface area (Å²) in [4.78, 5) is 15.5. The molecule has 88 valence electrons. The lowest BCUT2D eigenvalue weighted by Gasteiger charge is -2.00. The number of hydrogen-bond acceptors (Lipinski definition) is 5. The van der Waals surface area contributed by atoms with Gasteiger partial charge in [-0.2, -0.15) is 0 Å². The van der Waals surface area contributed by atoms with Crippen LogP contribution in [0.4, 0.5) is 0 Å². The molecule has 0 amide bonds. The Labute approximate surface area is 103 Å². The SMILES string of the molecule is COC(=O)c1ccc(-c2csc(CO)n2)cc1. The van der Waals surface area contributed by atoms with Crippen LogP contribution in [-0.2, 0) is 11.3 Å². The number of hydrogen-bond donors (Lipinski definition) is 1. The van der Waals surface area contributed by atoms with Gasteiger partial charge in [-0.3, -0.25) is 0 Å². The Morgan fingerprint density at radius 3 is 2.65 bits per heavy atom. The molecule has 5 heteroatoms. The highest BCUT2D eigenvalue weighted by Gasteiger charge is 2.07. The second-order valence-corrected chi connectivity index (χ2v) is 4.30. The monoisotopic (exact) mass is 249 g/mol. The maximum absolute atomic E-state index is 11.2. The van der Waals surface area contributed by atoms with Crippen LogP contribution in [0, 0.1) is 0 Å². The van der Waals surface area contributed by atoms with Crippen LogP contribution in [0.1, 0.15) is 15.4 Å². The van der Waals surface area contributed by atoms with Crippen LogP contribution >= 0.6 is 11.3 Å². The summed E-state index contributed by atoms with van der Waals surface area (Å²) < 4.78 is 4.62. The summed E-state index contributed by atoms with van der Waals surface area (Å²) in [6.45, 7) is -0.0507. The Kier molecular flexibility index (Phi) is 3.51. The van der Waals surface area contributed by atoms with E-state index in [0.717, 1.165) is 11.3 Å². The Bertz CT molecular complexity index is 519. The van der Waals surface area contributed by atoms with E-state index in [1.165, 1.54) is 18.4 Å². The van der Waals surface area contributed by atoms with E-state index in [1.807, 2.05) is 17.5 Å². The second kappa shape index (κ2) is 5.07. The predicted octanol–water partition coefficient (Wildman–Crippen LogP) is 2.09. The lowest BCUT2D eigenvalue weighted by atomic mass is 10.1.